The maximum Gasteiger partial charge on any atom is 0.349 e. The van der Waals surface area contributed by atoms with Crippen LogP contribution < -0.4 is 10.9 Å². The minimum absolute atomic E-state index is 0.122. The lowest BCUT2D eigenvalue weighted by molar-refractivity contribution is 0.0335. The summed E-state index contributed by atoms with van der Waals surface area (Å²) in [6.07, 6.45) is 0. The molecule has 1 amide bonds. The predicted octanol–water partition coefficient (Wildman–Crippen LogP) is 3.24. The smallest absolute Gasteiger partial charge is 0.349 e. The van der Waals surface area contributed by atoms with Crippen LogP contribution in [-0.2, 0) is 9.47 Å². The molecule has 0 unspecified atom stereocenters. The second-order valence-electron chi connectivity index (χ2n) is 5.85. The highest BCUT2D eigenvalue weighted by atomic mass is 16.6. The van der Waals surface area contributed by atoms with Crippen molar-refractivity contribution in [1.82, 2.24) is 0 Å². The molecule has 7 heteroatoms. The van der Waals surface area contributed by atoms with E-state index in [0.717, 1.165) is 0 Å². The van der Waals surface area contributed by atoms with Gasteiger partial charge in [-0.05, 0) is 37.3 Å². The molecule has 3 aromatic rings. The molecule has 1 aromatic heterocycles. The number of rotatable bonds is 7. The van der Waals surface area contributed by atoms with Crippen LogP contribution >= 0.6 is 0 Å². The van der Waals surface area contributed by atoms with Crippen LogP contribution in [0, 0.1) is 0 Å². The number of ether oxygens (including phenoxy) is 2. The highest BCUT2D eigenvalue weighted by molar-refractivity contribution is 6.05. The summed E-state index contributed by atoms with van der Waals surface area (Å²) >= 11 is 0. The monoisotopic (exact) mass is 381 g/mol. The van der Waals surface area contributed by atoms with Gasteiger partial charge in [0.25, 0.3) is 5.91 Å². The van der Waals surface area contributed by atoms with Crippen molar-refractivity contribution in [3.8, 4) is 0 Å². The number of anilines is 1. The SMILES string of the molecule is CCOCCOC(=O)c1cccc(NC(=O)c2cc3ccccc3oc2=O)c1. The summed E-state index contributed by atoms with van der Waals surface area (Å²) in [5.74, 6) is -1.15. The van der Waals surface area contributed by atoms with E-state index in [4.69, 9.17) is 13.9 Å². The molecule has 2 aromatic carbocycles. The van der Waals surface area contributed by atoms with Gasteiger partial charge in [0.15, 0.2) is 0 Å². The van der Waals surface area contributed by atoms with Crippen molar-refractivity contribution >= 4 is 28.5 Å². The average Bonchev–Trinajstić information content (AvgIpc) is 2.70. The molecule has 0 fully saturated rings. The highest BCUT2D eigenvalue weighted by Gasteiger charge is 2.15. The first-order chi connectivity index (χ1) is 13.6. The molecule has 1 N–H and O–H groups in total. The zero-order valence-corrected chi connectivity index (χ0v) is 15.3. The van der Waals surface area contributed by atoms with E-state index in [9.17, 15) is 14.4 Å². The number of carbonyl (C=O) groups excluding carboxylic acids is 2. The minimum atomic E-state index is -0.734. The third-order valence-corrected chi connectivity index (χ3v) is 3.91. The van der Waals surface area contributed by atoms with E-state index >= 15 is 0 Å². The second kappa shape index (κ2) is 8.96. The Bertz CT molecular complexity index is 1060. The molecule has 28 heavy (non-hydrogen) atoms. The van der Waals surface area contributed by atoms with Crippen LogP contribution in [0.25, 0.3) is 11.0 Å². The third kappa shape index (κ3) is 4.63. The Hall–Kier alpha value is -3.45. The number of esters is 1. The number of para-hydroxylation sites is 1. The molecule has 3 rings (SSSR count). The van der Waals surface area contributed by atoms with Crippen molar-refractivity contribution in [3.63, 3.8) is 0 Å². The lowest BCUT2D eigenvalue weighted by Gasteiger charge is -2.08. The van der Waals surface area contributed by atoms with Crippen molar-refractivity contribution in [1.29, 1.82) is 0 Å². The zero-order chi connectivity index (χ0) is 19.9. The molecule has 0 saturated heterocycles. The average molecular weight is 381 g/mol. The molecule has 0 atom stereocenters. The fraction of sp³-hybridized carbons (Fsp3) is 0.190. The molecule has 0 bridgehead atoms. The number of amides is 1. The van der Waals surface area contributed by atoms with Crippen LogP contribution in [0.15, 0.2) is 63.8 Å². The Morgan fingerprint density at radius 1 is 1.04 bits per heavy atom. The fourth-order valence-electron chi connectivity index (χ4n) is 2.56. The van der Waals surface area contributed by atoms with Gasteiger partial charge in [-0.15, -0.1) is 0 Å². The van der Waals surface area contributed by atoms with E-state index in [0.29, 0.717) is 29.9 Å². The molecule has 0 aliphatic heterocycles. The summed E-state index contributed by atoms with van der Waals surface area (Å²) in [6, 6.07) is 14.7. The Balaban J connectivity index is 1.73. The van der Waals surface area contributed by atoms with Gasteiger partial charge in [-0.25, -0.2) is 9.59 Å². The van der Waals surface area contributed by atoms with Crippen molar-refractivity contribution in [3.05, 3.63) is 76.1 Å². The van der Waals surface area contributed by atoms with Gasteiger partial charge in [0.2, 0.25) is 0 Å². The van der Waals surface area contributed by atoms with Gasteiger partial charge in [0, 0.05) is 17.7 Å². The summed E-state index contributed by atoms with van der Waals surface area (Å²) in [6.45, 7) is 2.85. The molecule has 0 radical (unpaired) electrons. The van der Waals surface area contributed by atoms with Crippen molar-refractivity contribution in [2.24, 2.45) is 0 Å². The first kappa shape index (κ1) is 19.3. The number of hydrogen-bond acceptors (Lipinski definition) is 6. The van der Waals surface area contributed by atoms with Gasteiger partial charge in [-0.1, -0.05) is 24.3 Å². The first-order valence-electron chi connectivity index (χ1n) is 8.77. The number of carbonyl (C=O) groups is 2. The number of fused-ring (bicyclic) bond motifs is 1. The Labute approximate surface area is 160 Å². The van der Waals surface area contributed by atoms with Crippen LogP contribution in [0.2, 0.25) is 0 Å². The normalized spacial score (nSPS) is 10.6. The summed E-state index contributed by atoms with van der Waals surface area (Å²) in [7, 11) is 0. The van der Waals surface area contributed by atoms with Crippen molar-refractivity contribution in [2.45, 2.75) is 6.92 Å². The van der Waals surface area contributed by atoms with E-state index in [-0.39, 0.29) is 17.7 Å². The summed E-state index contributed by atoms with van der Waals surface area (Å²) in [5.41, 5.74) is 0.184. The van der Waals surface area contributed by atoms with Gasteiger partial charge >= 0.3 is 11.6 Å². The molecular weight excluding hydrogens is 362 g/mol. The number of nitrogens with one attached hydrogen (secondary N) is 1. The molecule has 0 aliphatic carbocycles. The number of benzene rings is 2. The lowest BCUT2D eigenvalue weighted by Crippen LogP contribution is -2.21. The van der Waals surface area contributed by atoms with Crippen LogP contribution in [0.3, 0.4) is 0 Å². The molecule has 144 valence electrons. The van der Waals surface area contributed by atoms with E-state index in [1.807, 2.05) is 6.92 Å². The van der Waals surface area contributed by atoms with Crippen LogP contribution in [-0.4, -0.2) is 31.7 Å². The number of hydrogen-bond donors (Lipinski definition) is 1. The summed E-state index contributed by atoms with van der Waals surface area (Å²) in [4.78, 5) is 36.7. The van der Waals surface area contributed by atoms with Crippen molar-refractivity contribution < 1.29 is 23.5 Å². The van der Waals surface area contributed by atoms with Crippen molar-refractivity contribution in [2.75, 3.05) is 25.1 Å². The molecule has 7 nitrogen and oxygen atoms in total. The van der Waals surface area contributed by atoms with Gasteiger partial charge < -0.3 is 19.2 Å². The maximum atomic E-state index is 12.5. The van der Waals surface area contributed by atoms with Gasteiger partial charge in [0.05, 0.1) is 12.2 Å². The van der Waals surface area contributed by atoms with Crippen LogP contribution in [0.5, 0.6) is 0 Å². The van der Waals surface area contributed by atoms with Gasteiger partial charge in [-0.2, -0.15) is 0 Å². The Morgan fingerprint density at radius 3 is 2.68 bits per heavy atom. The third-order valence-electron chi connectivity index (χ3n) is 3.91. The van der Waals surface area contributed by atoms with Gasteiger partial charge in [0.1, 0.15) is 17.8 Å². The van der Waals surface area contributed by atoms with Crippen LogP contribution in [0.4, 0.5) is 5.69 Å². The minimum Gasteiger partial charge on any atom is -0.460 e. The summed E-state index contributed by atoms with van der Waals surface area (Å²) in [5, 5.41) is 3.24. The second-order valence-corrected chi connectivity index (χ2v) is 5.85. The molecule has 0 saturated carbocycles. The topological polar surface area (TPSA) is 94.8 Å². The molecular formula is C21H19NO6. The molecule has 0 spiro atoms. The Morgan fingerprint density at radius 2 is 1.86 bits per heavy atom. The quantitative estimate of drug-likeness (QED) is 0.384. The predicted molar refractivity (Wildman–Crippen MR) is 104 cm³/mol. The van der Waals surface area contributed by atoms with Crippen LogP contribution in [0.1, 0.15) is 27.6 Å². The molecule has 1 heterocycles. The maximum absolute atomic E-state index is 12.5. The van der Waals surface area contributed by atoms with E-state index < -0.39 is 17.5 Å². The Kier molecular flexibility index (Phi) is 6.18. The molecule has 0 aliphatic rings. The van der Waals surface area contributed by atoms with E-state index in [1.54, 1.807) is 42.5 Å². The highest BCUT2D eigenvalue weighted by Crippen LogP contribution is 2.15. The van der Waals surface area contributed by atoms with Gasteiger partial charge in [-0.3, -0.25) is 4.79 Å². The lowest BCUT2D eigenvalue weighted by atomic mass is 10.1. The zero-order valence-electron chi connectivity index (χ0n) is 15.3. The fourth-order valence-corrected chi connectivity index (χ4v) is 2.56. The largest absolute Gasteiger partial charge is 0.460 e. The summed E-state index contributed by atoms with van der Waals surface area (Å²) < 4.78 is 15.4. The first-order valence-corrected chi connectivity index (χ1v) is 8.77. The van der Waals surface area contributed by atoms with E-state index in [1.165, 1.54) is 12.1 Å². The van der Waals surface area contributed by atoms with E-state index in [2.05, 4.69) is 5.32 Å². The standard InChI is InChI=1S/C21H19NO6/c1-2-26-10-11-27-20(24)15-7-5-8-16(12-15)22-19(23)17-13-14-6-3-4-9-18(14)28-21(17)25/h3-9,12-13H,2,10-11H2,1H3,(H,22,23).